The molecule has 0 N–H and O–H groups in total. The van der Waals surface area contributed by atoms with E-state index in [1.54, 1.807) is 0 Å². The molecular weight excluding hydrogens is 703 g/mol. The van der Waals surface area contributed by atoms with Crippen LogP contribution in [0.2, 0.25) is 0 Å². The molecule has 0 amide bonds. The second kappa shape index (κ2) is 13.2. The van der Waals surface area contributed by atoms with Crippen LogP contribution in [0.5, 0.6) is 0 Å². The number of hydrogen-bond donors (Lipinski definition) is 0. The van der Waals surface area contributed by atoms with Gasteiger partial charge >= 0.3 is 0 Å². The minimum absolute atomic E-state index is 0.144. The van der Waals surface area contributed by atoms with Crippen molar-refractivity contribution in [3.05, 3.63) is 200 Å². The van der Waals surface area contributed by atoms with Gasteiger partial charge in [0.2, 0.25) is 0 Å². The predicted molar refractivity (Wildman–Crippen MR) is 241 cm³/mol. The molecule has 0 saturated carbocycles. The minimum atomic E-state index is 0.144. The monoisotopic (exact) mass is 737 g/mol. The van der Waals surface area contributed by atoms with Gasteiger partial charge in [-0.2, -0.15) is 0 Å². The van der Waals surface area contributed by atoms with E-state index in [0.29, 0.717) is 0 Å². The molecule has 0 saturated heterocycles. The number of allylic oxidation sites excluding steroid dienone is 2. The lowest BCUT2D eigenvalue weighted by Gasteiger charge is -2.34. The molecule has 11 rings (SSSR count). The Kier molecular flexibility index (Phi) is 7.75. The summed E-state index contributed by atoms with van der Waals surface area (Å²) in [5.41, 5.74) is 9.98. The van der Waals surface area contributed by atoms with Gasteiger partial charge in [-0.25, -0.2) is 0 Å². The van der Waals surface area contributed by atoms with Gasteiger partial charge in [0.15, 0.2) is 0 Å². The Hall–Kier alpha value is -6.26. The van der Waals surface area contributed by atoms with E-state index in [1.165, 1.54) is 95.9 Å². The Bertz CT molecular complexity index is 3130. The van der Waals surface area contributed by atoms with Gasteiger partial charge in [0, 0.05) is 51.7 Å². The van der Waals surface area contributed by atoms with E-state index in [0.717, 1.165) is 6.42 Å². The van der Waals surface area contributed by atoms with Crippen LogP contribution in [0.3, 0.4) is 0 Å². The third kappa shape index (κ3) is 5.50. The highest BCUT2D eigenvalue weighted by molar-refractivity contribution is 7.26. The maximum atomic E-state index is 2.53. The van der Waals surface area contributed by atoms with Gasteiger partial charge in [0.1, 0.15) is 0 Å². The van der Waals surface area contributed by atoms with Crippen molar-refractivity contribution in [2.45, 2.75) is 12.5 Å². The molecule has 3 heteroatoms. The molecule has 1 aliphatic rings. The third-order valence-electron chi connectivity index (χ3n) is 11.2. The van der Waals surface area contributed by atoms with Crippen LogP contribution in [0.1, 0.15) is 12.0 Å². The van der Waals surface area contributed by atoms with Crippen LogP contribution in [0.4, 0.5) is 11.4 Å². The summed E-state index contributed by atoms with van der Waals surface area (Å²) < 4.78 is 5.38. The number of anilines is 2. The zero-order chi connectivity index (χ0) is 36.3. The molecule has 8 aromatic carbocycles. The van der Waals surface area contributed by atoms with Crippen molar-refractivity contribution in [2.24, 2.45) is 0 Å². The highest BCUT2D eigenvalue weighted by Crippen LogP contribution is 2.43. The fraction of sp³-hybridized carbons (Fsp3) is 0.0385. The first-order valence-electron chi connectivity index (χ1n) is 18.9. The Balaban J connectivity index is 0.999. The fourth-order valence-corrected chi connectivity index (χ4v) is 11.1. The molecule has 2 aromatic heterocycles. The van der Waals surface area contributed by atoms with Crippen LogP contribution < -0.4 is 4.90 Å². The largest absolute Gasteiger partial charge is 0.334 e. The lowest BCUT2D eigenvalue weighted by molar-refractivity contribution is 0.787. The molecule has 0 radical (unpaired) electrons. The maximum absolute atomic E-state index is 2.53. The van der Waals surface area contributed by atoms with Crippen molar-refractivity contribution in [1.82, 2.24) is 0 Å². The van der Waals surface area contributed by atoms with Crippen molar-refractivity contribution in [2.75, 3.05) is 4.90 Å². The molecule has 0 aliphatic heterocycles. The maximum Gasteiger partial charge on any atom is 0.0560 e. The Morgan fingerprint density at radius 1 is 0.436 bits per heavy atom. The molecule has 55 heavy (non-hydrogen) atoms. The second-order valence-corrected chi connectivity index (χ2v) is 16.5. The molecule has 1 unspecified atom stereocenters. The number of rotatable bonds is 6. The van der Waals surface area contributed by atoms with Crippen LogP contribution >= 0.6 is 22.7 Å². The average molecular weight is 738 g/mol. The number of thiophene rings is 2. The first-order chi connectivity index (χ1) is 27.3. The van der Waals surface area contributed by atoms with E-state index in [1.807, 2.05) is 22.7 Å². The quantitative estimate of drug-likeness (QED) is 0.164. The fourth-order valence-electron chi connectivity index (χ4n) is 8.58. The van der Waals surface area contributed by atoms with Crippen LogP contribution in [-0.4, -0.2) is 6.04 Å². The summed E-state index contributed by atoms with van der Waals surface area (Å²) in [4.78, 5) is 2.53. The van der Waals surface area contributed by atoms with Gasteiger partial charge in [-0.3, -0.25) is 0 Å². The molecule has 10 aromatic rings. The normalized spacial score (nSPS) is 14.3. The molecule has 0 bridgehead atoms. The van der Waals surface area contributed by atoms with Gasteiger partial charge in [-0.05, 0) is 87.0 Å². The summed E-state index contributed by atoms with van der Waals surface area (Å²) >= 11 is 3.79. The van der Waals surface area contributed by atoms with Crippen LogP contribution in [0, 0.1) is 0 Å². The van der Waals surface area contributed by atoms with E-state index in [9.17, 15) is 0 Å². The van der Waals surface area contributed by atoms with Gasteiger partial charge in [-0.15, -0.1) is 22.7 Å². The topological polar surface area (TPSA) is 3.24 Å². The summed E-state index contributed by atoms with van der Waals surface area (Å²) in [6.07, 6.45) is 8.11. The molecule has 0 spiro atoms. The molecular formula is C52H35NS2. The molecule has 1 atom stereocenters. The SMILES string of the molecule is C1=CC(N(c2ccc(-c3cccc4c3sc3ccccc34)cc2)c2cccc(-c3cccc4ccccc34)c2)CC=C1c1cccc2c1sc1ccccc12. The minimum Gasteiger partial charge on any atom is -0.334 e. The zero-order valence-electron chi connectivity index (χ0n) is 30.0. The number of fused-ring (bicyclic) bond motifs is 7. The number of benzene rings is 8. The van der Waals surface area contributed by atoms with Crippen molar-refractivity contribution in [3.8, 4) is 22.3 Å². The number of hydrogen-bond acceptors (Lipinski definition) is 3. The Morgan fingerprint density at radius 2 is 1.02 bits per heavy atom. The van der Waals surface area contributed by atoms with Crippen LogP contribution in [-0.2, 0) is 0 Å². The average Bonchev–Trinajstić information content (AvgIpc) is 3.83. The van der Waals surface area contributed by atoms with Crippen LogP contribution in [0.25, 0.3) is 78.9 Å². The van der Waals surface area contributed by atoms with E-state index in [-0.39, 0.29) is 6.04 Å². The summed E-state index contributed by atoms with van der Waals surface area (Å²) in [7, 11) is 0. The van der Waals surface area contributed by atoms with E-state index in [2.05, 4.69) is 199 Å². The summed E-state index contributed by atoms with van der Waals surface area (Å²) in [6.45, 7) is 0. The molecule has 260 valence electrons. The van der Waals surface area contributed by atoms with E-state index >= 15 is 0 Å². The van der Waals surface area contributed by atoms with Gasteiger partial charge < -0.3 is 4.90 Å². The van der Waals surface area contributed by atoms with Gasteiger partial charge in [-0.1, -0.05) is 158 Å². The van der Waals surface area contributed by atoms with E-state index in [4.69, 9.17) is 0 Å². The predicted octanol–water partition coefficient (Wildman–Crippen LogP) is 15.5. The lowest BCUT2D eigenvalue weighted by Crippen LogP contribution is -2.30. The smallest absolute Gasteiger partial charge is 0.0560 e. The van der Waals surface area contributed by atoms with Gasteiger partial charge in [0.05, 0.1) is 6.04 Å². The lowest BCUT2D eigenvalue weighted by atomic mass is 9.94. The highest BCUT2D eigenvalue weighted by Gasteiger charge is 2.23. The van der Waals surface area contributed by atoms with Gasteiger partial charge in [0.25, 0.3) is 0 Å². The zero-order valence-corrected chi connectivity index (χ0v) is 31.7. The Labute approximate surface area is 328 Å². The summed E-state index contributed by atoms with van der Waals surface area (Å²) in [5.74, 6) is 0. The second-order valence-electron chi connectivity index (χ2n) is 14.4. The molecule has 2 heterocycles. The standard InChI is InChI=1S/C52H35NS2/c1-2-15-41-34(11-1)12-8-18-42(41)37-13-7-14-40(33-37)53(38-29-25-35(26-30-38)43-19-9-21-47-45-16-3-5-23-49(45)54-51(43)47)39-31-27-36(28-32-39)44-20-10-22-48-46-17-4-6-24-50(46)55-52(44)48/h1-31,33,39H,32H2. The first-order valence-corrected chi connectivity index (χ1v) is 20.6. The van der Waals surface area contributed by atoms with Crippen LogP contribution in [0.15, 0.2) is 194 Å². The Morgan fingerprint density at radius 3 is 1.75 bits per heavy atom. The first kappa shape index (κ1) is 32.2. The van der Waals surface area contributed by atoms with Crippen molar-refractivity contribution < 1.29 is 0 Å². The molecule has 1 nitrogen and oxygen atoms in total. The summed E-state index contributed by atoms with van der Waals surface area (Å²) in [6, 6.07) is 64.8. The van der Waals surface area contributed by atoms with Crippen molar-refractivity contribution in [1.29, 1.82) is 0 Å². The van der Waals surface area contributed by atoms with E-state index < -0.39 is 0 Å². The van der Waals surface area contributed by atoms with Crippen molar-refractivity contribution >= 4 is 90.7 Å². The molecule has 0 fully saturated rings. The highest BCUT2D eigenvalue weighted by atomic mass is 32.1. The van der Waals surface area contributed by atoms with Crippen molar-refractivity contribution in [3.63, 3.8) is 0 Å². The summed E-state index contributed by atoms with van der Waals surface area (Å²) in [5, 5.41) is 7.87. The molecule has 1 aliphatic carbocycles. The number of nitrogens with zero attached hydrogens (tertiary/aromatic N) is 1. The third-order valence-corrected chi connectivity index (χ3v) is 13.6.